The Morgan fingerprint density at radius 2 is 1.57 bits per heavy atom. The van der Waals surface area contributed by atoms with E-state index < -0.39 is 0 Å². The molecule has 0 heterocycles. The Kier molecular flexibility index (Phi) is 10.3. The van der Waals surface area contributed by atoms with E-state index in [1.165, 1.54) is 16.7 Å². The molecule has 0 nitrogen and oxygen atoms in total. The van der Waals surface area contributed by atoms with Gasteiger partial charge in [-0.05, 0) is 0 Å². The molecule has 0 amide bonds. The Morgan fingerprint density at radius 1 is 1.14 bits per heavy atom. The summed E-state index contributed by atoms with van der Waals surface area (Å²) in [5.74, 6) is 0.583. The Morgan fingerprint density at radius 3 is 1.86 bits per heavy atom. The summed E-state index contributed by atoms with van der Waals surface area (Å²) in [4.78, 5) is 0. The van der Waals surface area contributed by atoms with Crippen molar-refractivity contribution in [1.82, 2.24) is 0 Å². The minimum absolute atomic E-state index is 0. The van der Waals surface area contributed by atoms with Gasteiger partial charge in [0.1, 0.15) is 0 Å². The standard InChI is InChI=1S/C9H11.C4H9.Y/c1-7-4-5-8(2)9(3)6-7;1-4(2)3;/h5-6H,1-3H3;4H,1H2,2-3H3;/q2*-1;. The smallest absolute Gasteiger partial charge is 0 e. The van der Waals surface area contributed by atoms with E-state index in [4.69, 9.17) is 0 Å². The predicted octanol–water partition coefficient (Wildman–Crippen LogP) is 3.89. The van der Waals surface area contributed by atoms with Crippen molar-refractivity contribution in [1.29, 1.82) is 0 Å². The average molecular weight is 265 g/mol. The van der Waals surface area contributed by atoms with Crippen LogP contribution in [0.1, 0.15) is 30.5 Å². The molecule has 14 heavy (non-hydrogen) atoms. The van der Waals surface area contributed by atoms with Gasteiger partial charge >= 0.3 is 0 Å². The molecule has 0 atom stereocenters. The van der Waals surface area contributed by atoms with Gasteiger partial charge in [-0.15, -0.1) is 0 Å². The third kappa shape index (κ3) is 8.90. The Hall–Kier alpha value is 0.324. The molecular formula is C13H20Y-2. The largest absolute Gasteiger partial charge is 0.341 e. The SMILES string of the molecule is Cc1[c-]cc(C)c(C)c1.[CH2-]C(C)C.[Y]. The summed E-state index contributed by atoms with van der Waals surface area (Å²) < 4.78 is 0. The summed E-state index contributed by atoms with van der Waals surface area (Å²) in [6.07, 6.45) is 0. The summed E-state index contributed by atoms with van der Waals surface area (Å²) >= 11 is 0. The molecule has 0 N–H and O–H groups in total. The Bertz CT molecular complexity index is 249. The van der Waals surface area contributed by atoms with Gasteiger partial charge < -0.3 is 6.92 Å². The van der Waals surface area contributed by atoms with Crippen LogP contribution in [0.5, 0.6) is 0 Å². The maximum Gasteiger partial charge on any atom is 0 e. The van der Waals surface area contributed by atoms with Crippen molar-refractivity contribution in [3.05, 3.63) is 41.8 Å². The topological polar surface area (TPSA) is 0 Å². The van der Waals surface area contributed by atoms with E-state index in [2.05, 4.69) is 53.7 Å². The summed E-state index contributed by atoms with van der Waals surface area (Å²) in [7, 11) is 0. The number of hydrogen-bond donors (Lipinski definition) is 0. The van der Waals surface area contributed by atoms with Gasteiger partial charge in [-0.2, -0.15) is 40.8 Å². The molecule has 1 aromatic rings. The van der Waals surface area contributed by atoms with E-state index in [0.717, 1.165) is 0 Å². The van der Waals surface area contributed by atoms with Crippen LogP contribution in [0.4, 0.5) is 0 Å². The third-order valence-electron chi connectivity index (χ3n) is 1.57. The van der Waals surface area contributed by atoms with Gasteiger partial charge in [-0.3, -0.25) is 0 Å². The molecule has 1 heteroatoms. The number of hydrogen-bond acceptors (Lipinski definition) is 0. The van der Waals surface area contributed by atoms with Gasteiger partial charge in [0.15, 0.2) is 0 Å². The first-order chi connectivity index (χ1) is 5.93. The van der Waals surface area contributed by atoms with E-state index in [-0.39, 0.29) is 32.7 Å². The summed E-state index contributed by atoms with van der Waals surface area (Å²) in [6, 6.07) is 7.32. The van der Waals surface area contributed by atoms with E-state index in [9.17, 15) is 0 Å². The van der Waals surface area contributed by atoms with Crippen LogP contribution in [0.25, 0.3) is 0 Å². The van der Waals surface area contributed by atoms with E-state index >= 15 is 0 Å². The molecule has 0 unspecified atom stereocenters. The first-order valence-electron chi connectivity index (χ1n) is 4.72. The second-order valence-corrected chi connectivity index (χ2v) is 3.88. The molecule has 0 aliphatic carbocycles. The van der Waals surface area contributed by atoms with Crippen molar-refractivity contribution in [2.24, 2.45) is 5.92 Å². The fourth-order valence-corrected chi connectivity index (χ4v) is 0.816. The summed E-state index contributed by atoms with van der Waals surface area (Å²) in [5.41, 5.74) is 3.89. The van der Waals surface area contributed by atoms with Gasteiger partial charge in [0.25, 0.3) is 0 Å². The van der Waals surface area contributed by atoms with E-state index in [1.807, 2.05) is 6.07 Å². The zero-order valence-corrected chi connectivity index (χ0v) is 12.9. The molecule has 0 saturated carbocycles. The zero-order chi connectivity index (χ0) is 10.4. The van der Waals surface area contributed by atoms with Gasteiger partial charge in [0.2, 0.25) is 0 Å². The minimum atomic E-state index is 0. The van der Waals surface area contributed by atoms with Crippen molar-refractivity contribution in [3.63, 3.8) is 0 Å². The van der Waals surface area contributed by atoms with Crippen molar-refractivity contribution in [3.8, 4) is 0 Å². The van der Waals surface area contributed by atoms with Crippen molar-refractivity contribution in [2.45, 2.75) is 34.6 Å². The Labute approximate surface area is 114 Å². The first kappa shape index (κ1) is 16.7. The van der Waals surface area contributed by atoms with Crippen LogP contribution in [-0.4, -0.2) is 0 Å². The molecule has 0 aliphatic rings. The van der Waals surface area contributed by atoms with Crippen LogP contribution in [0.15, 0.2) is 12.1 Å². The molecule has 0 spiro atoms. The van der Waals surface area contributed by atoms with Crippen LogP contribution >= 0.6 is 0 Å². The van der Waals surface area contributed by atoms with Crippen molar-refractivity contribution in [2.75, 3.05) is 0 Å². The molecule has 1 rings (SSSR count). The predicted molar refractivity (Wildman–Crippen MR) is 59.7 cm³/mol. The van der Waals surface area contributed by atoms with Crippen LogP contribution in [0.3, 0.4) is 0 Å². The second kappa shape index (κ2) is 8.62. The summed E-state index contributed by atoms with van der Waals surface area (Å²) in [6.45, 7) is 14.0. The zero-order valence-electron chi connectivity index (χ0n) is 10.0. The molecule has 0 aromatic heterocycles. The van der Waals surface area contributed by atoms with Gasteiger partial charge in [0, 0.05) is 32.7 Å². The van der Waals surface area contributed by atoms with Gasteiger partial charge in [-0.1, -0.05) is 34.6 Å². The normalized spacial score (nSPS) is 8.79. The first-order valence-corrected chi connectivity index (χ1v) is 4.72. The van der Waals surface area contributed by atoms with Crippen molar-refractivity contribution >= 4 is 0 Å². The fraction of sp³-hybridized carbons (Fsp3) is 0.462. The minimum Gasteiger partial charge on any atom is -0.341 e. The third-order valence-corrected chi connectivity index (χ3v) is 1.57. The fourth-order valence-electron chi connectivity index (χ4n) is 0.816. The molecule has 77 valence electrons. The second-order valence-electron chi connectivity index (χ2n) is 3.88. The van der Waals surface area contributed by atoms with Gasteiger partial charge in [-0.25, -0.2) is 0 Å². The average Bonchev–Trinajstić information content (AvgIpc) is 1.96. The molecule has 1 aromatic carbocycles. The number of aryl methyl sites for hydroxylation is 3. The monoisotopic (exact) mass is 265 g/mol. The van der Waals surface area contributed by atoms with E-state index in [0.29, 0.717) is 5.92 Å². The molecular weight excluding hydrogens is 245 g/mol. The molecule has 1 radical (unpaired) electrons. The van der Waals surface area contributed by atoms with Crippen molar-refractivity contribution < 1.29 is 32.7 Å². The number of rotatable bonds is 0. The van der Waals surface area contributed by atoms with E-state index in [1.54, 1.807) is 0 Å². The van der Waals surface area contributed by atoms with Crippen LogP contribution in [0.2, 0.25) is 0 Å². The maximum absolute atomic E-state index is 3.64. The Balaban J connectivity index is 0. The summed E-state index contributed by atoms with van der Waals surface area (Å²) in [5, 5.41) is 0. The molecule has 0 fully saturated rings. The molecule has 0 aliphatic heterocycles. The molecule has 0 saturated heterocycles. The molecule has 0 bridgehead atoms. The van der Waals surface area contributed by atoms with Crippen LogP contribution in [0, 0.1) is 39.7 Å². The maximum atomic E-state index is 3.64. The quantitative estimate of drug-likeness (QED) is 0.624. The number of benzene rings is 1. The van der Waals surface area contributed by atoms with Crippen LogP contribution in [-0.2, 0) is 32.7 Å². The van der Waals surface area contributed by atoms with Crippen LogP contribution < -0.4 is 0 Å². The van der Waals surface area contributed by atoms with Gasteiger partial charge in [0.05, 0.1) is 0 Å².